The molecule has 1 atom stereocenters. The predicted molar refractivity (Wildman–Crippen MR) is 77.0 cm³/mol. The van der Waals surface area contributed by atoms with Crippen LogP contribution in [0.2, 0.25) is 0 Å². The molecule has 1 N–H and O–H groups in total. The van der Waals surface area contributed by atoms with Crippen molar-refractivity contribution in [3.8, 4) is 0 Å². The lowest BCUT2D eigenvalue weighted by molar-refractivity contribution is 0.305. The van der Waals surface area contributed by atoms with Crippen LogP contribution in [0.5, 0.6) is 0 Å². The summed E-state index contributed by atoms with van der Waals surface area (Å²) in [6, 6.07) is 8.07. The van der Waals surface area contributed by atoms with Crippen LogP contribution in [0.4, 0.5) is 0 Å². The molecule has 0 aliphatic carbocycles. The maximum Gasteiger partial charge on any atom is 0.232 e. The second-order valence-corrected chi connectivity index (χ2v) is 5.42. The van der Waals surface area contributed by atoms with E-state index in [1.807, 2.05) is 43.8 Å². The van der Waals surface area contributed by atoms with Gasteiger partial charge < -0.3 is 19.0 Å². The largest absolute Gasteiger partial charge is 0.352 e. The fourth-order valence-corrected chi connectivity index (χ4v) is 2.68. The monoisotopic (exact) mass is 283 g/mol. The van der Waals surface area contributed by atoms with Gasteiger partial charge in [-0.1, -0.05) is 5.16 Å². The van der Waals surface area contributed by atoms with E-state index in [1.54, 1.807) is 0 Å². The molecule has 6 nitrogen and oxygen atoms in total. The van der Waals surface area contributed by atoms with Crippen molar-refractivity contribution in [1.29, 1.82) is 0 Å². The normalized spacial score (nSPS) is 16.8. The summed E-state index contributed by atoms with van der Waals surface area (Å²) in [5, 5.41) is 7.45. The highest BCUT2D eigenvalue weighted by Gasteiger charge is 2.29. The van der Waals surface area contributed by atoms with Gasteiger partial charge >= 0.3 is 0 Å². The molecular formula is C15H17N5O. The topological polar surface area (TPSA) is 60.8 Å². The van der Waals surface area contributed by atoms with Crippen LogP contribution in [-0.4, -0.2) is 32.4 Å². The Labute approximate surface area is 122 Å². The van der Waals surface area contributed by atoms with Gasteiger partial charge in [-0.15, -0.1) is 0 Å². The van der Waals surface area contributed by atoms with Crippen molar-refractivity contribution in [3.05, 3.63) is 60.3 Å². The highest BCUT2D eigenvalue weighted by molar-refractivity contribution is 5.22. The Kier molecular flexibility index (Phi) is 2.89. The minimum absolute atomic E-state index is 0.0643. The Morgan fingerprint density at radius 2 is 2.05 bits per heavy atom. The zero-order valence-electron chi connectivity index (χ0n) is 11.8. The van der Waals surface area contributed by atoms with E-state index in [1.165, 1.54) is 0 Å². The third-order valence-corrected chi connectivity index (χ3v) is 4.02. The Morgan fingerprint density at radius 3 is 2.67 bits per heavy atom. The second-order valence-electron chi connectivity index (χ2n) is 5.42. The van der Waals surface area contributed by atoms with Crippen molar-refractivity contribution in [2.75, 3.05) is 13.1 Å². The fourth-order valence-electron chi connectivity index (χ4n) is 2.68. The molecule has 1 aliphatic rings. The molecule has 4 heterocycles. The molecular weight excluding hydrogens is 266 g/mol. The van der Waals surface area contributed by atoms with Crippen molar-refractivity contribution in [3.63, 3.8) is 0 Å². The van der Waals surface area contributed by atoms with E-state index in [4.69, 9.17) is 4.52 Å². The highest BCUT2D eigenvalue weighted by Crippen LogP contribution is 2.27. The molecule has 0 amide bonds. The van der Waals surface area contributed by atoms with Gasteiger partial charge in [-0.25, -0.2) is 0 Å². The maximum absolute atomic E-state index is 5.46. The molecule has 6 heteroatoms. The fraction of sp³-hybridized carbons (Fsp3) is 0.333. The first-order valence-corrected chi connectivity index (χ1v) is 7.11. The molecule has 0 bridgehead atoms. The van der Waals surface area contributed by atoms with Crippen LogP contribution in [0.15, 0.2) is 47.4 Å². The minimum Gasteiger partial charge on any atom is -0.352 e. The Balaban J connectivity index is 1.75. The van der Waals surface area contributed by atoms with Gasteiger partial charge in [0.15, 0.2) is 0 Å². The Hall–Kier alpha value is -2.34. The highest BCUT2D eigenvalue weighted by atomic mass is 16.5. The lowest BCUT2D eigenvalue weighted by Gasteiger charge is -2.22. The summed E-state index contributed by atoms with van der Waals surface area (Å²) in [5.41, 5.74) is 1.13. The van der Waals surface area contributed by atoms with Crippen molar-refractivity contribution in [1.82, 2.24) is 24.6 Å². The first-order valence-electron chi connectivity index (χ1n) is 7.11. The first kappa shape index (κ1) is 12.4. The molecule has 0 unspecified atom stereocenters. The van der Waals surface area contributed by atoms with Crippen molar-refractivity contribution < 1.29 is 4.52 Å². The quantitative estimate of drug-likeness (QED) is 0.789. The van der Waals surface area contributed by atoms with E-state index in [2.05, 4.69) is 30.7 Å². The third kappa shape index (κ3) is 2.08. The molecule has 1 fully saturated rings. The van der Waals surface area contributed by atoms with Gasteiger partial charge in [0.2, 0.25) is 11.7 Å². The van der Waals surface area contributed by atoms with Crippen molar-refractivity contribution in [2.24, 2.45) is 7.05 Å². The summed E-state index contributed by atoms with van der Waals surface area (Å²) < 4.78 is 9.65. The number of aryl methyl sites for hydroxylation is 1. The molecule has 108 valence electrons. The van der Waals surface area contributed by atoms with Gasteiger partial charge in [0, 0.05) is 44.4 Å². The van der Waals surface area contributed by atoms with E-state index in [0.717, 1.165) is 24.7 Å². The molecule has 1 aliphatic heterocycles. The molecule has 0 radical (unpaired) electrons. The molecule has 21 heavy (non-hydrogen) atoms. The molecule has 3 aromatic rings. The molecule has 4 rings (SSSR count). The maximum atomic E-state index is 5.46. The van der Waals surface area contributed by atoms with E-state index in [-0.39, 0.29) is 6.04 Å². The average molecular weight is 283 g/mol. The number of hydrogen-bond donors (Lipinski definition) is 1. The van der Waals surface area contributed by atoms with Crippen LogP contribution in [0, 0.1) is 0 Å². The summed E-state index contributed by atoms with van der Waals surface area (Å²) in [7, 11) is 2.03. The average Bonchev–Trinajstić information content (AvgIpc) is 3.12. The van der Waals surface area contributed by atoms with Crippen LogP contribution in [0.25, 0.3) is 0 Å². The summed E-state index contributed by atoms with van der Waals surface area (Å²) in [5.74, 6) is 1.79. The lowest BCUT2D eigenvalue weighted by Crippen LogP contribution is -2.40. The number of nitrogens with one attached hydrogen (secondary N) is 1. The predicted octanol–water partition coefficient (Wildman–Crippen LogP) is 1.53. The van der Waals surface area contributed by atoms with Gasteiger partial charge in [-0.3, -0.25) is 0 Å². The zero-order chi connectivity index (χ0) is 14.2. The molecule has 1 saturated heterocycles. The van der Waals surface area contributed by atoms with Gasteiger partial charge in [-0.2, -0.15) is 4.98 Å². The van der Waals surface area contributed by atoms with Gasteiger partial charge in [0.25, 0.3) is 0 Å². The van der Waals surface area contributed by atoms with Crippen LogP contribution in [-0.2, 0) is 7.05 Å². The van der Waals surface area contributed by atoms with Gasteiger partial charge in [-0.05, 0) is 24.3 Å². The Bertz CT molecular complexity index is 723. The summed E-state index contributed by atoms with van der Waals surface area (Å²) in [6.45, 7) is 1.83. The summed E-state index contributed by atoms with van der Waals surface area (Å²) in [6.07, 6.45) is 6.08. The van der Waals surface area contributed by atoms with Crippen LogP contribution in [0.3, 0.4) is 0 Å². The second kappa shape index (κ2) is 4.89. The van der Waals surface area contributed by atoms with Crippen LogP contribution < -0.4 is 5.32 Å². The number of hydrogen-bond acceptors (Lipinski definition) is 4. The van der Waals surface area contributed by atoms with Gasteiger partial charge in [0.1, 0.15) is 6.04 Å². The molecule has 0 aromatic carbocycles. The number of rotatable bonds is 4. The van der Waals surface area contributed by atoms with E-state index in [9.17, 15) is 0 Å². The minimum atomic E-state index is -0.0643. The standard InChI is InChI=1S/C15H17N5O/c1-19-6-4-5-12(19)13(20-7-2-3-8-20)14-17-15(21-18-14)11-9-16-10-11/h2-8,11,13,16H,9-10H2,1H3/t13-/m1/s1. The molecule has 3 aromatic heterocycles. The van der Waals surface area contributed by atoms with E-state index >= 15 is 0 Å². The van der Waals surface area contributed by atoms with Crippen molar-refractivity contribution in [2.45, 2.75) is 12.0 Å². The summed E-state index contributed by atoms with van der Waals surface area (Å²) >= 11 is 0. The summed E-state index contributed by atoms with van der Waals surface area (Å²) in [4.78, 5) is 4.63. The number of aromatic nitrogens is 4. The molecule has 0 spiro atoms. The van der Waals surface area contributed by atoms with E-state index < -0.39 is 0 Å². The van der Waals surface area contributed by atoms with Crippen LogP contribution in [0.1, 0.15) is 29.4 Å². The SMILES string of the molecule is Cn1cccc1[C@H](c1noc(C2CNC2)n1)n1cccc1. The lowest BCUT2D eigenvalue weighted by atomic mass is 10.0. The molecule has 0 saturated carbocycles. The van der Waals surface area contributed by atoms with Crippen molar-refractivity contribution >= 4 is 0 Å². The van der Waals surface area contributed by atoms with Crippen LogP contribution >= 0.6 is 0 Å². The smallest absolute Gasteiger partial charge is 0.232 e. The Morgan fingerprint density at radius 1 is 1.24 bits per heavy atom. The van der Waals surface area contributed by atoms with E-state index in [0.29, 0.717) is 11.7 Å². The third-order valence-electron chi connectivity index (χ3n) is 4.02. The van der Waals surface area contributed by atoms with Gasteiger partial charge in [0.05, 0.1) is 5.92 Å². The number of nitrogens with zero attached hydrogens (tertiary/aromatic N) is 4. The first-order chi connectivity index (χ1) is 10.3. The zero-order valence-corrected chi connectivity index (χ0v) is 11.8.